The normalized spacial score (nSPS) is 17.2. The van der Waals surface area contributed by atoms with Crippen LogP contribution in [0.2, 0.25) is 0 Å². The van der Waals surface area contributed by atoms with Gasteiger partial charge in [-0.1, -0.05) is 11.6 Å². The molecule has 0 nitrogen and oxygen atoms in total. The first-order valence-electron chi connectivity index (χ1n) is 1.88. The van der Waals surface area contributed by atoms with Crippen molar-refractivity contribution in [2.75, 3.05) is 0 Å². The molecule has 0 aliphatic heterocycles. The average Bonchev–Trinajstić information content (AvgIpc) is 1.30. The molecule has 1 radical (unpaired) electrons. The molecule has 0 aromatic rings. The third-order valence-electron chi connectivity index (χ3n) is 0.842. The molecule has 0 atom stereocenters. The fraction of sp³-hybridized carbons (Fsp3) is 0.400. The van der Waals surface area contributed by atoms with Crippen molar-refractivity contribution in [3.63, 3.8) is 0 Å². The van der Waals surface area contributed by atoms with Gasteiger partial charge < -0.3 is 0 Å². The van der Waals surface area contributed by atoms with Crippen molar-refractivity contribution in [3.05, 3.63) is 18.1 Å². The molecule has 1 aliphatic carbocycles. The van der Waals surface area contributed by atoms with Crippen molar-refractivity contribution >= 4 is 18.9 Å². The van der Waals surface area contributed by atoms with Gasteiger partial charge in [0.05, 0.1) is 0 Å². The van der Waals surface area contributed by atoms with E-state index in [1.165, 1.54) is 12.0 Å². The van der Waals surface area contributed by atoms with Crippen molar-refractivity contribution in [2.45, 2.75) is 13.3 Å². The van der Waals surface area contributed by atoms with Gasteiger partial charge in [0, 0.05) is 0 Å². The Hall–Kier alpha value is 0.337. The fourth-order valence-corrected chi connectivity index (χ4v) is 0.354. The predicted octanol–water partition coefficient (Wildman–Crippen LogP) is 0.892. The zero-order chi connectivity index (χ0) is 3.70. The second-order valence-electron chi connectivity index (χ2n) is 1.45. The van der Waals surface area contributed by atoms with Crippen LogP contribution in [-0.2, 0) is 0 Å². The molecular formula is C5H8Li. The molecule has 0 bridgehead atoms. The summed E-state index contributed by atoms with van der Waals surface area (Å²) in [6, 6.07) is 0. The van der Waals surface area contributed by atoms with E-state index in [-0.39, 0.29) is 18.9 Å². The minimum atomic E-state index is 0. The molecule has 0 unspecified atom stereocenters. The Labute approximate surface area is 50.8 Å². The quantitative estimate of drug-likeness (QED) is 0.375. The van der Waals surface area contributed by atoms with E-state index in [4.69, 9.17) is 0 Å². The summed E-state index contributed by atoms with van der Waals surface area (Å²) in [6.07, 6.45) is 5.52. The van der Waals surface area contributed by atoms with Gasteiger partial charge in [0.25, 0.3) is 0 Å². The summed E-state index contributed by atoms with van der Waals surface area (Å²) in [6.45, 7) is 2.14. The molecular weight excluding hydrogens is 67.0 g/mol. The van der Waals surface area contributed by atoms with Crippen LogP contribution in [0.5, 0.6) is 0 Å². The van der Waals surface area contributed by atoms with Crippen molar-refractivity contribution in [3.8, 4) is 0 Å². The Bertz CT molecular complexity index is 64.3. The summed E-state index contributed by atoms with van der Waals surface area (Å²) in [5, 5.41) is 0. The SMILES string of the molecule is CC1=C[CH]C1.[LiH]. The number of rotatable bonds is 0. The zero-order valence-corrected chi connectivity index (χ0v) is 3.36. The van der Waals surface area contributed by atoms with Crippen molar-refractivity contribution < 1.29 is 0 Å². The summed E-state index contributed by atoms with van der Waals surface area (Å²) in [7, 11) is 0. The van der Waals surface area contributed by atoms with Crippen LogP contribution < -0.4 is 0 Å². The fourth-order valence-electron chi connectivity index (χ4n) is 0.354. The van der Waals surface area contributed by atoms with Gasteiger partial charge in [-0.2, -0.15) is 0 Å². The molecule has 6 heavy (non-hydrogen) atoms. The van der Waals surface area contributed by atoms with Gasteiger partial charge in [0.15, 0.2) is 0 Å². The second-order valence-corrected chi connectivity index (χ2v) is 1.45. The van der Waals surface area contributed by atoms with Crippen LogP contribution in [0.1, 0.15) is 13.3 Å². The Morgan fingerprint density at radius 1 is 1.67 bits per heavy atom. The molecule has 0 N–H and O–H groups in total. The molecule has 0 heterocycles. The van der Waals surface area contributed by atoms with E-state index >= 15 is 0 Å². The number of allylic oxidation sites excluding steroid dienone is 2. The first kappa shape index (κ1) is 6.34. The van der Waals surface area contributed by atoms with Crippen LogP contribution in [0, 0.1) is 6.42 Å². The van der Waals surface area contributed by atoms with Gasteiger partial charge in [-0.25, -0.2) is 0 Å². The van der Waals surface area contributed by atoms with Crippen molar-refractivity contribution in [2.24, 2.45) is 0 Å². The third kappa shape index (κ3) is 1.20. The Morgan fingerprint density at radius 2 is 2.00 bits per heavy atom. The van der Waals surface area contributed by atoms with Crippen molar-refractivity contribution in [1.29, 1.82) is 0 Å². The summed E-state index contributed by atoms with van der Waals surface area (Å²) < 4.78 is 0. The Morgan fingerprint density at radius 3 is 2.00 bits per heavy atom. The van der Waals surface area contributed by atoms with Gasteiger partial charge in [0.2, 0.25) is 0 Å². The number of hydrogen-bond acceptors (Lipinski definition) is 0. The van der Waals surface area contributed by atoms with E-state index < -0.39 is 0 Å². The molecule has 0 aromatic carbocycles. The molecule has 0 saturated carbocycles. The molecule has 0 amide bonds. The molecule has 0 aromatic heterocycles. The maximum absolute atomic E-state index is 2.16. The van der Waals surface area contributed by atoms with Gasteiger partial charge in [0.1, 0.15) is 0 Å². The van der Waals surface area contributed by atoms with Gasteiger partial charge in [-0.05, 0) is 19.8 Å². The Balaban J connectivity index is 0.000000250. The van der Waals surface area contributed by atoms with E-state index in [1.54, 1.807) is 0 Å². The first-order valence-corrected chi connectivity index (χ1v) is 1.88. The minimum absolute atomic E-state index is 0. The van der Waals surface area contributed by atoms with Crippen LogP contribution in [0.4, 0.5) is 0 Å². The summed E-state index contributed by atoms with van der Waals surface area (Å²) >= 11 is 0. The Kier molecular flexibility index (Phi) is 2.64. The van der Waals surface area contributed by atoms with Crippen LogP contribution in [0.25, 0.3) is 0 Å². The predicted molar refractivity (Wildman–Crippen MR) is 29.8 cm³/mol. The summed E-state index contributed by atoms with van der Waals surface area (Å²) in [4.78, 5) is 0. The van der Waals surface area contributed by atoms with Crippen molar-refractivity contribution in [1.82, 2.24) is 0 Å². The van der Waals surface area contributed by atoms with E-state index in [0.29, 0.717) is 0 Å². The maximum atomic E-state index is 2.16. The van der Waals surface area contributed by atoms with Crippen LogP contribution in [0.3, 0.4) is 0 Å². The third-order valence-corrected chi connectivity index (χ3v) is 0.842. The molecule has 0 spiro atoms. The topological polar surface area (TPSA) is 0 Å². The number of hydrogen-bond donors (Lipinski definition) is 0. The summed E-state index contributed by atoms with van der Waals surface area (Å²) in [5.74, 6) is 0. The average molecular weight is 75.1 g/mol. The standard InChI is InChI=1S/C5H7.Li.H/c1-5-3-2-4-5;;/h2-3H,4H2,1H3;;. The van der Waals surface area contributed by atoms with E-state index in [1.807, 2.05) is 0 Å². The van der Waals surface area contributed by atoms with Gasteiger partial charge in [-0.3, -0.25) is 0 Å². The molecule has 29 valence electrons. The molecule has 0 saturated heterocycles. The first-order chi connectivity index (χ1) is 2.39. The van der Waals surface area contributed by atoms with E-state index in [9.17, 15) is 0 Å². The van der Waals surface area contributed by atoms with Crippen LogP contribution in [-0.4, -0.2) is 18.9 Å². The van der Waals surface area contributed by atoms with Gasteiger partial charge in [-0.15, -0.1) is 0 Å². The van der Waals surface area contributed by atoms with Gasteiger partial charge >= 0.3 is 18.9 Å². The van der Waals surface area contributed by atoms with E-state index in [2.05, 4.69) is 19.4 Å². The molecule has 1 rings (SSSR count). The molecule has 0 fully saturated rings. The second kappa shape index (κ2) is 2.50. The van der Waals surface area contributed by atoms with Crippen LogP contribution >= 0.6 is 0 Å². The van der Waals surface area contributed by atoms with Crippen LogP contribution in [0.15, 0.2) is 11.6 Å². The monoisotopic (exact) mass is 75.1 g/mol. The molecule has 1 heteroatoms. The molecule has 1 aliphatic rings. The zero-order valence-electron chi connectivity index (χ0n) is 3.36. The van der Waals surface area contributed by atoms with E-state index in [0.717, 1.165) is 0 Å². The summed E-state index contributed by atoms with van der Waals surface area (Å²) in [5.41, 5.74) is 1.50.